The van der Waals surface area contributed by atoms with E-state index in [1.54, 1.807) is 0 Å². The lowest BCUT2D eigenvalue weighted by Crippen LogP contribution is -2.67. The van der Waals surface area contributed by atoms with Crippen molar-refractivity contribution in [3.05, 3.63) is 35.9 Å². The van der Waals surface area contributed by atoms with Crippen molar-refractivity contribution < 1.29 is 102 Å². The second-order valence-electron chi connectivity index (χ2n) is 20.1. The topological polar surface area (TPSA) is 335 Å². The van der Waals surface area contributed by atoms with Crippen LogP contribution in [-0.4, -0.2) is 213 Å². The van der Waals surface area contributed by atoms with Crippen LogP contribution in [0.1, 0.15) is 97.0 Å². The molecule has 0 radical (unpaired) electrons. The van der Waals surface area contributed by atoms with E-state index in [0.29, 0.717) is 39.5 Å². The minimum atomic E-state index is -1.68. The van der Waals surface area contributed by atoms with Crippen LogP contribution in [0.4, 0.5) is 0 Å². The maximum atomic E-state index is 13.9. The van der Waals surface area contributed by atoms with Crippen LogP contribution in [0.15, 0.2) is 30.3 Å². The molecule has 5 rings (SSSR count). The van der Waals surface area contributed by atoms with Gasteiger partial charge < -0.3 is 94.0 Å². The highest BCUT2D eigenvalue weighted by Crippen LogP contribution is 2.40. The maximum absolute atomic E-state index is 13.9. The summed E-state index contributed by atoms with van der Waals surface area (Å²) in [5, 5.41) is 72.6. The molecule has 24 heteroatoms. The number of carboxylic acids is 1. The van der Waals surface area contributed by atoms with Crippen molar-refractivity contribution in [3.8, 4) is 0 Å². The Bertz CT molecular complexity index is 1900. The highest BCUT2D eigenvalue weighted by Gasteiger charge is 2.53. The Morgan fingerprint density at radius 3 is 1.99 bits per heavy atom. The van der Waals surface area contributed by atoms with Crippen LogP contribution in [0.5, 0.6) is 0 Å². The third-order valence-electron chi connectivity index (χ3n) is 14.4. The van der Waals surface area contributed by atoms with Gasteiger partial charge in [0.25, 0.3) is 0 Å². The van der Waals surface area contributed by atoms with Gasteiger partial charge in [0.15, 0.2) is 18.7 Å². The summed E-state index contributed by atoms with van der Waals surface area (Å²) in [6, 6.07) is 8.08. The molecule has 3 amide bonds. The van der Waals surface area contributed by atoms with Gasteiger partial charge in [0.2, 0.25) is 17.7 Å². The van der Waals surface area contributed by atoms with Crippen LogP contribution in [0, 0.1) is 17.8 Å². The number of aliphatic hydroxyl groups is 5. The Labute approximate surface area is 450 Å². The van der Waals surface area contributed by atoms with E-state index >= 15 is 0 Å². The van der Waals surface area contributed by atoms with Crippen LogP contribution < -0.4 is 16.0 Å². The summed E-state index contributed by atoms with van der Waals surface area (Å²) in [6.45, 7) is 6.48. The summed E-state index contributed by atoms with van der Waals surface area (Å²) >= 11 is 0. The fourth-order valence-electron chi connectivity index (χ4n) is 10.1. The number of aliphatic hydroxyl groups excluding tert-OH is 5. The molecule has 4 aliphatic rings. The molecular weight excluding hydrogens is 1010 g/mol. The molecule has 2 heterocycles. The molecule has 77 heavy (non-hydrogen) atoms. The van der Waals surface area contributed by atoms with Gasteiger partial charge in [0, 0.05) is 32.4 Å². The van der Waals surface area contributed by atoms with E-state index in [4.69, 9.17) is 47.4 Å². The lowest BCUT2D eigenvalue weighted by molar-refractivity contribution is -0.338. The second-order valence-corrected chi connectivity index (χ2v) is 20.1. The number of hydrogen-bond donors (Lipinski definition) is 9. The molecule has 1 aromatic carbocycles. The standard InChI is InChI=1S/C53H85N3O21/c1-4-36-28-37(50(65)55-18-17-54-41(59)15-19-68-21-23-70-25-26-71-24-22-69-20-16-42(60)72-31-35-13-9-6-10-14-35)29-38(48(36)77-53-47(64)46(63)44(61)32(2)73-53)75-52-43(56-33(3)58)49(45(62)40(30-57)76-52)74-39(51(66)67)27-34-11-7-5-8-12-34/h6,9-10,13-14,32,34,36-40,43-49,52-53,57,61-64H,4-5,7-8,11-12,15-31H2,1-3H3,(H,54,59)(H,55,65)(H,56,58)(H,66,67)/t32?,36?,37?,38-,39+,40?,43?,44-,45+,46?,47?,48?,49?,52-,53+/m1/s1. The van der Waals surface area contributed by atoms with Crippen LogP contribution >= 0.6 is 0 Å². The number of benzene rings is 1. The summed E-state index contributed by atoms with van der Waals surface area (Å²) in [5.74, 6) is -3.99. The van der Waals surface area contributed by atoms with E-state index < -0.39 is 110 Å². The molecule has 0 bridgehead atoms. The van der Waals surface area contributed by atoms with Crippen molar-refractivity contribution in [1.29, 1.82) is 0 Å². The largest absolute Gasteiger partial charge is 0.479 e. The zero-order chi connectivity index (χ0) is 55.7. The minimum Gasteiger partial charge on any atom is -0.479 e. The van der Waals surface area contributed by atoms with Crippen LogP contribution in [0.25, 0.3) is 0 Å². The van der Waals surface area contributed by atoms with Gasteiger partial charge in [0.05, 0.1) is 84.2 Å². The Kier molecular flexibility index (Phi) is 28.4. The molecular formula is C53H85N3O21. The average molecular weight is 1100 g/mol. The Hall–Kier alpha value is -3.99. The van der Waals surface area contributed by atoms with Crippen molar-refractivity contribution >= 4 is 29.7 Å². The van der Waals surface area contributed by atoms with Gasteiger partial charge in [-0.15, -0.1) is 0 Å². The van der Waals surface area contributed by atoms with Crippen molar-refractivity contribution in [2.75, 3.05) is 72.6 Å². The molecule has 9 N–H and O–H groups in total. The van der Waals surface area contributed by atoms with Crippen LogP contribution in [0.3, 0.4) is 0 Å². The van der Waals surface area contributed by atoms with Gasteiger partial charge in [-0.3, -0.25) is 19.2 Å². The monoisotopic (exact) mass is 1100 g/mol. The smallest absolute Gasteiger partial charge is 0.332 e. The quantitative estimate of drug-likeness (QED) is 0.0336. The van der Waals surface area contributed by atoms with Gasteiger partial charge in [-0.2, -0.15) is 0 Å². The molecule has 4 fully saturated rings. The molecule has 2 aliphatic heterocycles. The first-order valence-corrected chi connectivity index (χ1v) is 27.2. The molecule has 2 aliphatic carbocycles. The molecule has 1 aromatic rings. The third kappa shape index (κ3) is 21.2. The van der Waals surface area contributed by atoms with Gasteiger partial charge in [0.1, 0.15) is 49.3 Å². The van der Waals surface area contributed by atoms with Gasteiger partial charge in [-0.25, -0.2) is 4.79 Å². The predicted octanol–water partition coefficient (Wildman–Crippen LogP) is 0.235. The number of carbonyl (C=O) groups excluding carboxylic acids is 4. The minimum absolute atomic E-state index is 0.0348. The van der Waals surface area contributed by atoms with Gasteiger partial charge in [-0.1, -0.05) is 75.8 Å². The molecule has 24 nitrogen and oxygen atoms in total. The summed E-state index contributed by atoms with van der Waals surface area (Å²) in [6.07, 6.45) is -10.9. The number of ether oxygens (including phenoxy) is 10. The number of hydrogen-bond acceptors (Lipinski definition) is 20. The Balaban J connectivity index is 1.08. The third-order valence-corrected chi connectivity index (χ3v) is 14.4. The fraction of sp³-hybridized carbons (Fsp3) is 0.792. The Morgan fingerprint density at radius 1 is 0.727 bits per heavy atom. The highest BCUT2D eigenvalue weighted by atomic mass is 16.7. The molecule has 2 saturated heterocycles. The van der Waals surface area contributed by atoms with E-state index in [1.165, 1.54) is 13.8 Å². The molecule has 9 unspecified atom stereocenters. The zero-order valence-electron chi connectivity index (χ0n) is 44.7. The van der Waals surface area contributed by atoms with E-state index in [0.717, 1.165) is 37.7 Å². The molecule has 0 spiro atoms. The SMILES string of the molecule is CCC1CC(C(=O)NCCNC(=O)CCOCCOCCOCCOCCC(=O)OCc2ccccc2)C[C@@H](O[C@@H]2OC(CO)[C@H](O)C(O[C@@H](CC3CCCCC3)C(=O)O)C2NC(C)=O)C1O[C@@H]1OC(C)[C@@H](O)C(O)C1O. The number of rotatable bonds is 33. The van der Waals surface area contributed by atoms with E-state index in [-0.39, 0.29) is 95.3 Å². The van der Waals surface area contributed by atoms with E-state index in [9.17, 15) is 54.6 Å². The summed E-state index contributed by atoms with van der Waals surface area (Å²) in [4.78, 5) is 63.8. The summed E-state index contributed by atoms with van der Waals surface area (Å²) in [5.41, 5.74) is 0.915. The first kappa shape index (κ1) is 63.8. The van der Waals surface area contributed by atoms with Crippen molar-refractivity contribution in [3.63, 3.8) is 0 Å². The van der Waals surface area contributed by atoms with E-state index in [2.05, 4.69) is 16.0 Å². The summed E-state index contributed by atoms with van der Waals surface area (Å²) < 4.78 is 58.3. The first-order valence-electron chi connectivity index (χ1n) is 27.2. The number of amides is 3. The predicted molar refractivity (Wildman–Crippen MR) is 270 cm³/mol. The van der Waals surface area contributed by atoms with Gasteiger partial charge in [-0.05, 0) is 43.6 Å². The molecule has 438 valence electrons. The fourth-order valence-corrected chi connectivity index (χ4v) is 10.1. The number of esters is 1. The second kappa shape index (κ2) is 34.2. The molecule has 15 atom stereocenters. The highest BCUT2D eigenvalue weighted by molar-refractivity contribution is 5.79. The summed E-state index contributed by atoms with van der Waals surface area (Å²) in [7, 11) is 0. The van der Waals surface area contributed by atoms with Crippen LogP contribution in [0.2, 0.25) is 0 Å². The zero-order valence-corrected chi connectivity index (χ0v) is 44.7. The number of carbonyl (C=O) groups is 5. The Morgan fingerprint density at radius 2 is 1.36 bits per heavy atom. The maximum Gasteiger partial charge on any atom is 0.332 e. The normalized spacial score (nSPS) is 30.2. The number of carboxylic acid groups (broad SMARTS) is 1. The van der Waals surface area contributed by atoms with Crippen molar-refractivity contribution in [1.82, 2.24) is 16.0 Å². The van der Waals surface area contributed by atoms with Crippen molar-refractivity contribution in [2.24, 2.45) is 17.8 Å². The lowest BCUT2D eigenvalue weighted by atomic mass is 9.75. The average Bonchev–Trinajstić information content (AvgIpc) is 3.43. The number of nitrogens with one attached hydrogen (secondary N) is 3. The lowest BCUT2D eigenvalue weighted by Gasteiger charge is -2.49. The first-order chi connectivity index (χ1) is 37.1. The number of aliphatic carboxylic acids is 1. The van der Waals surface area contributed by atoms with Gasteiger partial charge >= 0.3 is 11.9 Å². The van der Waals surface area contributed by atoms with Crippen molar-refractivity contribution in [2.45, 2.75) is 178 Å². The van der Waals surface area contributed by atoms with Crippen LogP contribution in [-0.2, 0) is 77.9 Å². The molecule has 2 saturated carbocycles. The van der Waals surface area contributed by atoms with E-state index in [1.807, 2.05) is 37.3 Å². The molecule has 0 aromatic heterocycles.